The monoisotopic (exact) mass is 239 g/mol. The maximum Gasteiger partial charge on any atom is 0.251 e. The van der Waals surface area contributed by atoms with Crippen LogP contribution >= 0.6 is 0 Å². The number of nitrogens with zero attached hydrogens (tertiary/aromatic N) is 1. The van der Waals surface area contributed by atoms with Crippen molar-refractivity contribution in [3.8, 4) is 0 Å². The van der Waals surface area contributed by atoms with Crippen molar-refractivity contribution in [3.63, 3.8) is 0 Å². The Morgan fingerprint density at radius 3 is 2.59 bits per heavy atom. The first kappa shape index (κ1) is 13.9. The standard InChI is InChI=1S/C12H21N3O2/c1-4-12(5-2,17-3)11-14-9(6-7-13)8-10(16)15-11/h8H,4-7,13H2,1-3H3,(H,14,15,16). The van der Waals surface area contributed by atoms with Gasteiger partial charge in [-0.1, -0.05) is 13.8 Å². The number of methoxy groups -OCH3 is 1. The van der Waals surface area contributed by atoms with Crippen molar-refractivity contribution in [2.24, 2.45) is 5.73 Å². The number of nitrogens with two attached hydrogens (primary N) is 1. The van der Waals surface area contributed by atoms with E-state index in [2.05, 4.69) is 9.97 Å². The van der Waals surface area contributed by atoms with Crippen LogP contribution in [0.5, 0.6) is 0 Å². The predicted octanol–water partition coefficient (Wildman–Crippen LogP) is 0.933. The normalized spacial score (nSPS) is 11.8. The van der Waals surface area contributed by atoms with Crippen LogP contribution < -0.4 is 11.3 Å². The molecule has 0 aromatic carbocycles. The minimum atomic E-state index is -0.510. The number of ether oxygens (including phenoxy) is 1. The highest BCUT2D eigenvalue weighted by molar-refractivity contribution is 5.09. The summed E-state index contributed by atoms with van der Waals surface area (Å²) in [5.41, 5.74) is 5.54. The Balaban J connectivity index is 3.24. The summed E-state index contributed by atoms with van der Waals surface area (Å²) >= 11 is 0. The first-order chi connectivity index (χ1) is 8.11. The molecule has 0 radical (unpaired) electrons. The summed E-state index contributed by atoms with van der Waals surface area (Å²) in [6.45, 7) is 4.51. The number of H-pyrrole nitrogens is 1. The van der Waals surface area contributed by atoms with E-state index < -0.39 is 5.60 Å². The van der Waals surface area contributed by atoms with Crippen molar-refractivity contribution in [1.82, 2.24) is 9.97 Å². The number of hydrogen-bond donors (Lipinski definition) is 2. The minimum Gasteiger partial charge on any atom is -0.370 e. The van der Waals surface area contributed by atoms with Gasteiger partial charge in [0.05, 0.1) is 0 Å². The van der Waals surface area contributed by atoms with E-state index in [0.29, 0.717) is 18.8 Å². The van der Waals surface area contributed by atoms with E-state index in [1.54, 1.807) is 7.11 Å². The lowest BCUT2D eigenvalue weighted by molar-refractivity contribution is -0.0295. The first-order valence-corrected chi connectivity index (χ1v) is 5.97. The third-order valence-corrected chi connectivity index (χ3v) is 3.16. The molecule has 0 aliphatic heterocycles. The van der Waals surface area contributed by atoms with Gasteiger partial charge in [-0.3, -0.25) is 4.79 Å². The molecule has 0 unspecified atom stereocenters. The Morgan fingerprint density at radius 1 is 1.47 bits per heavy atom. The molecule has 0 fully saturated rings. The van der Waals surface area contributed by atoms with Crippen LogP contribution in [0.2, 0.25) is 0 Å². The molecule has 1 heterocycles. The van der Waals surface area contributed by atoms with Crippen molar-refractivity contribution in [1.29, 1.82) is 0 Å². The van der Waals surface area contributed by atoms with Crippen LogP contribution in [-0.4, -0.2) is 23.6 Å². The van der Waals surface area contributed by atoms with Crippen molar-refractivity contribution in [2.75, 3.05) is 13.7 Å². The third-order valence-electron chi connectivity index (χ3n) is 3.16. The Hall–Kier alpha value is -1.20. The molecule has 1 rings (SSSR count). The fourth-order valence-corrected chi connectivity index (χ4v) is 1.97. The molecule has 5 nitrogen and oxygen atoms in total. The lowest BCUT2D eigenvalue weighted by Crippen LogP contribution is -2.32. The van der Waals surface area contributed by atoms with Crippen LogP contribution in [0.25, 0.3) is 0 Å². The number of nitrogens with one attached hydrogen (secondary N) is 1. The average molecular weight is 239 g/mol. The van der Waals surface area contributed by atoms with Gasteiger partial charge >= 0.3 is 0 Å². The highest BCUT2D eigenvalue weighted by Gasteiger charge is 2.31. The van der Waals surface area contributed by atoms with Crippen molar-refractivity contribution >= 4 is 0 Å². The second-order valence-electron chi connectivity index (χ2n) is 4.03. The van der Waals surface area contributed by atoms with Crippen molar-refractivity contribution in [2.45, 2.75) is 38.7 Å². The quantitative estimate of drug-likeness (QED) is 0.774. The zero-order valence-corrected chi connectivity index (χ0v) is 10.7. The van der Waals surface area contributed by atoms with Gasteiger partial charge in [0.25, 0.3) is 5.56 Å². The van der Waals surface area contributed by atoms with E-state index in [-0.39, 0.29) is 5.56 Å². The molecule has 1 aromatic heterocycles. The molecular formula is C12H21N3O2. The van der Waals surface area contributed by atoms with Gasteiger partial charge in [-0.25, -0.2) is 4.98 Å². The summed E-state index contributed by atoms with van der Waals surface area (Å²) < 4.78 is 5.55. The van der Waals surface area contributed by atoms with Crippen LogP contribution in [-0.2, 0) is 16.8 Å². The molecule has 0 aliphatic rings. The van der Waals surface area contributed by atoms with E-state index >= 15 is 0 Å². The Kier molecular flexibility index (Phi) is 4.84. The SMILES string of the molecule is CCC(CC)(OC)c1nc(CCN)cc(=O)[nH]1. The second kappa shape index (κ2) is 5.93. The van der Waals surface area contributed by atoms with Gasteiger partial charge < -0.3 is 15.5 Å². The second-order valence-corrected chi connectivity index (χ2v) is 4.03. The van der Waals surface area contributed by atoms with Gasteiger partial charge in [-0.15, -0.1) is 0 Å². The van der Waals surface area contributed by atoms with Gasteiger partial charge in [0.15, 0.2) is 0 Å². The molecule has 5 heteroatoms. The largest absolute Gasteiger partial charge is 0.370 e. The van der Waals surface area contributed by atoms with Crippen LogP contribution in [0, 0.1) is 0 Å². The highest BCUT2D eigenvalue weighted by atomic mass is 16.5. The summed E-state index contributed by atoms with van der Waals surface area (Å²) in [6, 6.07) is 1.49. The topological polar surface area (TPSA) is 81.0 Å². The summed E-state index contributed by atoms with van der Waals surface area (Å²) in [5.74, 6) is 0.598. The van der Waals surface area contributed by atoms with Crippen molar-refractivity contribution < 1.29 is 4.74 Å². The first-order valence-electron chi connectivity index (χ1n) is 5.97. The van der Waals surface area contributed by atoms with Gasteiger partial charge in [0, 0.05) is 25.3 Å². The fourth-order valence-electron chi connectivity index (χ4n) is 1.97. The van der Waals surface area contributed by atoms with Gasteiger partial charge in [0.1, 0.15) is 11.4 Å². The van der Waals surface area contributed by atoms with E-state index in [1.807, 2.05) is 13.8 Å². The number of rotatable bonds is 6. The minimum absolute atomic E-state index is 0.151. The number of hydrogen-bond acceptors (Lipinski definition) is 4. The molecule has 3 N–H and O–H groups in total. The molecule has 0 saturated carbocycles. The van der Waals surface area contributed by atoms with Crippen LogP contribution in [0.15, 0.2) is 10.9 Å². The maximum atomic E-state index is 11.6. The third kappa shape index (κ3) is 2.92. The Morgan fingerprint density at radius 2 is 2.12 bits per heavy atom. The summed E-state index contributed by atoms with van der Waals surface area (Å²) in [5, 5.41) is 0. The average Bonchev–Trinajstić information content (AvgIpc) is 2.32. The van der Waals surface area contributed by atoms with Gasteiger partial charge in [-0.05, 0) is 19.4 Å². The molecule has 0 atom stereocenters. The summed E-state index contributed by atoms with van der Waals surface area (Å²) in [4.78, 5) is 18.8. The molecule has 1 aromatic rings. The zero-order valence-electron chi connectivity index (χ0n) is 10.7. The molecule has 0 spiro atoms. The molecule has 0 amide bonds. The number of aromatic amines is 1. The van der Waals surface area contributed by atoms with Crippen LogP contribution in [0.3, 0.4) is 0 Å². The van der Waals surface area contributed by atoms with Crippen LogP contribution in [0.4, 0.5) is 0 Å². The van der Waals surface area contributed by atoms with E-state index in [9.17, 15) is 4.79 Å². The van der Waals surface area contributed by atoms with Crippen LogP contribution in [0.1, 0.15) is 38.2 Å². The smallest absolute Gasteiger partial charge is 0.251 e. The molecule has 0 saturated heterocycles. The van der Waals surface area contributed by atoms with Crippen molar-refractivity contribution in [3.05, 3.63) is 27.9 Å². The highest BCUT2D eigenvalue weighted by Crippen LogP contribution is 2.28. The molecule has 17 heavy (non-hydrogen) atoms. The van der Waals surface area contributed by atoms with E-state index in [0.717, 1.165) is 18.5 Å². The molecule has 96 valence electrons. The van der Waals surface area contributed by atoms with E-state index in [4.69, 9.17) is 10.5 Å². The Labute approximate surface area is 101 Å². The molecular weight excluding hydrogens is 218 g/mol. The van der Waals surface area contributed by atoms with Gasteiger partial charge in [0.2, 0.25) is 0 Å². The van der Waals surface area contributed by atoms with Gasteiger partial charge in [-0.2, -0.15) is 0 Å². The molecule has 0 bridgehead atoms. The Bertz CT molecular complexity index is 402. The lowest BCUT2D eigenvalue weighted by Gasteiger charge is -2.29. The molecule has 0 aliphatic carbocycles. The lowest BCUT2D eigenvalue weighted by atomic mass is 9.96. The summed E-state index contributed by atoms with van der Waals surface area (Å²) in [6.07, 6.45) is 2.12. The fraction of sp³-hybridized carbons (Fsp3) is 0.667. The number of aromatic nitrogens is 2. The maximum absolute atomic E-state index is 11.6. The summed E-state index contributed by atoms with van der Waals surface area (Å²) in [7, 11) is 1.64. The van der Waals surface area contributed by atoms with E-state index in [1.165, 1.54) is 6.07 Å². The predicted molar refractivity (Wildman–Crippen MR) is 66.9 cm³/mol. The zero-order chi connectivity index (χ0) is 12.9.